The fraction of sp³-hybridized carbons (Fsp3) is 0.905. The lowest BCUT2D eigenvalue weighted by Gasteiger charge is -2.45. The third-order valence-corrected chi connectivity index (χ3v) is 8.12. The number of carbonyl (C=O) groups excluding carboxylic acids is 1. The molecule has 7 atom stereocenters. The first-order valence-corrected chi connectivity index (χ1v) is 10.7. The van der Waals surface area contributed by atoms with E-state index in [1.165, 1.54) is 51.2 Å². The molecule has 7 unspecified atom stereocenters. The molecule has 0 bridgehead atoms. The summed E-state index contributed by atoms with van der Waals surface area (Å²) in [7, 11) is 0. The molecule has 3 saturated carbocycles. The number of fused-ring (bicyclic) bond motifs is 2. The molecule has 4 aliphatic rings. The predicted octanol–water partition coefficient (Wildman–Crippen LogP) is 3.59. The van der Waals surface area contributed by atoms with Crippen LogP contribution in [0.2, 0.25) is 0 Å². The molecule has 25 heavy (non-hydrogen) atoms. The maximum Gasteiger partial charge on any atom is 0.137 e. The zero-order chi connectivity index (χ0) is 17.4. The molecular weight excluding hydrogens is 310 g/mol. The van der Waals surface area contributed by atoms with Gasteiger partial charge in [0.15, 0.2) is 0 Å². The Morgan fingerprint density at radius 1 is 1.00 bits per heavy atom. The number of hydrogen-bond donors (Lipinski definition) is 2. The van der Waals surface area contributed by atoms with Gasteiger partial charge in [-0.15, -0.1) is 0 Å². The topological polar surface area (TPSA) is 70.2 Å². The number of likely N-dealkylation sites (tertiary alicyclic amines) is 1. The number of amidine groups is 1. The predicted molar refractivity (Wildman–Crippen MR) is 100 cm³/mol. The number of carbonyl (C=O) groups is 1. The van der Waals surface area contributed by atoms with E-state index in [1.807, 2.05) is 0 Å². The third-order valence-electron chi connectivity index (χ3n) is 8.12. The minimum absolute atomic E-state index is 0.115. The Balaban J connectivity index is 1.48. The number of hydrogen-bond acceptors (Lipinski definition) is 3. The van der Waals surface area contributed by atoms with Gasteiger partial charge in [-0.05, 0) is 62.2 Å². The molecule has 140 valence electrons. The average molecular weight is 346 g/mol. The van der Waals surface area contributed by atoms with E-state index in [2.05, 4.69) is 4.90 Å². The minimum atomic E-state index is 0.115. The van der Waals surface area contributed by atoms with Crippen LogP contribution in [0.5, 0.6) is 0 Å². The van der Waals surface area contributed by atoms with Crippen LogP contribution in [0, 0.1) is 35.0 Å². The van der Waals surface area contributed by atoms with E-state index in [4.69, 9.17) is 11.1 Å². The van der Waals surface area contributed by atoms with Crippen LogP contribution in [0.3, 0.4) is 0 Å². The van der Waals surface area contributed by atoms with Crippen molar-refractivity contribution in [2.75, 3.05) is 6.54 Å². The summed E-state index contributed by atoms with van der Waals surface area (Å²) >= 11 is 0. The lowest BCUT2D eigenvalue weighted by atomic mass is 9.65. The number of nitrogens with zero attached hydrogens (tertiary/aromatic N) is 1. The molecule has 1 aliphatic heterocycles. The molecule has 4 fully saturated rings. The van der Waals surface area contributed by atoms with Gasteiger partial charge >= 0.3 is 0 Å². The van der Waals surface area contributed by atoms with Gasteiger partial charge in [0.25, 0.3) is 0 Å². The van der Waals surface area contributed by atoms with E-state index in [-0.39, 0.29) is 12.0 Å². The van der Waals surface area contributed by atoms with E-state index in [9.17, 15) is 4.79 Å². The highest BCUT2D eigenvalue weighted by molar-refractivity contribution is 5.79. The summed E-state index contributed by atoms with van der Waals surface area (Å²) in [4.78, 5) is 14.4. The van der Waals surface area contributed by atoms with Gasteiger partial charge in [-0.25, -0.2) is 0 Å². The fourth-order valence-corrected chi connectivity index (χ4v) is 6.84. The van der Waals surface area contributed by atoms with Crippen molar-refractivity contribution in [1.29, 1.82) is 5.41 Å². The van der Waals surface area contributed by atoms with Crippen LogP contribution in [-0.4, -0.2) is 35.7 Å². The largest absolute Gasteiger partial charge is 0.387 e. The van der Waals surface area contributed by atoms with E-state index in [0.29, 0.717) is 17.8 Å². The number of aldehydes is 1. The summed E-state index contributed by atoms with van der Waals surface area (Å²) in [6.07, 6.45) is 15.3. The molecule has 0 aromatic carbocycles. The van der Waals surface area contributed by atoms with Gasteiger partial charge in [0.1, 0.15) is 6.29 Å². The summed E-state index contributed by atoms with van der Waals surface area (Å²) in [5, 5.41) is 7.86. The summed E-state index contributed by atoms with van der Waals surface area (Å²) in [6.45, 7) is 1.12. The van der Waals surface area contributed by atoms with E-state index in [1.54, 1.807) is 0 Å². The fourth-order valence-electron chi connectivity index (χ4n) is 6.84. The van der Waals surface area contributed by atoms with E-state index < -0.39 is 0 Å². The lowest BCUT2D eigenvalue weighted by Crippen LogP contribution is -2.47. The average Bonchev–Trinajstić information content (AvgIpc) is 2.99. The maximum absolute atomic E-state index is 11.8. The molecule has 0 aromatic heterocycles. The normalized spacial score (nSPS) is 44.7. The molecule has 4 nitrogen and oxygen atoms in total. The van der Waals surface area contributed by atoms with Crippen LogP contribution in [-0.2, 0) is 4.79 Å². The smallest absolute Gasteiger partial charge is 0.137 e. The maximum atomic E-state index is 11.8. The van der Waals surface area contributed by atoms with Crippen LogP contribution in [0.1, 0.15) is 70.6 Å². The molecular formula is C21H35N3O. The first-order valence-electron chi connectivity index (χ1n) is 10.7. The van der Waals surface area contributed by atoms with Gasteiger partial charge in [0.05, 0.1) is 11.9 Å². The van der Waals surface area contributed by atoms with Gasteiger partial charge in [-0.2, -0.15) is 0 Å². The molecule has 4 heteroatoms. The molecule has 0 amide bonds. The van der Waals surface area contributed by atoms with Crippen molar-refractivity contribution in [2.24, 2.45) is 35.3 Å². The second-order valence-electron chi connectivity index (χ2n) is 9.33. The third kappa shape index (κ3) is 3.39. The quantitative estimate of drug-likeness (QED) is 0.465. The van der Waals surface area contributed by atoms with Crippen molar-refractivity contribution in [3.8, 4) is 0 Å². The standard InChI is InChI=1S/C21H35N3O/c22-21(23)16-9-8-15-10-18(13-25)24(20(15)11-16)12-17-6-3-5-14-4-1-2-7-19(14)17/h13-20H,1-12H2,(H3,22,23). The first-order chi connectivity index (χ1) is 12.2. The van der Waals surface area contributed by atoms with Crippen LogP contribution in [0.15, 0.2) is 0 Å². The molecule has 3 N–H and O–H groups in total. The van der Waals surface area contributed by atoms with Crippen molar-refractivity contribution in [1.82, 2.24) is 4.90 Å². The van der Waals surface area contributed by atoms with Gasteiger partial charge in [0.2, 0.25) is 0 Å². The molecule has 0 spiro atoms. The van der Waals surface area contributed by atoms with Crippen LogP contribution < -0.4 is 5.73 Å². The van der Waals surface area contributed by atoms with Crippen molar-refractivity contribution in [3.63, 3.8) is 0 Å². The van der Waals surface area contributed by atoms with Crippen LogP contribution in [0.25, 0.3) is 0 Å². The van der Waals surface area contributed by atoms with Crippen LogP contribution in [0.4, 0.5) is 0 Å². The summed E-state index contributed by atoms with van der Waals surface area (Å²) in [5.41, 5.74) is 5.83. The minimum Gasteiger partial charge on any atom is -0.387 e. The van der Waals surface area contributed by atoms with Crippen molar-refractivity contribution in [3.05, 3.63) is 0 Å². The molecule has 4 rings (SSSR count). The molecule has 1 saturated heterocycles. The van der Waals surface area contributed by atoms with Crippen molar-refractivity contribution in [2.45, 2.75) is 82.7 Å². The molecule has 3 aliphatic carbocycles. The lowest BCUT2D eigenvalue weighted by molar-refractivity contribution is -0.112. The first kappa shape index (κ1) is 17.5. The summed E-state index contributed by atoms with van der Waals surface area (Å²) < 4.78 is 0. The summed E-state index contributed by atoms with van der Waals surface area (Å²) in [6, 6.07) is 0.603. The second-order valence-corrected chi connectivity index (χ2v) is 9.33. The van der Waals surface area contributed by atoms with Gasteiger partial charge in [0, 0.05) is 18.5 Å². The zero-order valence-electron chi connectivity index (χ0n) is 15.5. The SMILES string of the molecule is N=C(N)C1CCC2CC(C=O)N(CC3CCCC4CCCCC43)C2C1. The molecule has 0 aromatic rings. The van der Waals surface area contributed by atoms with E-state index >= 15 is 0 Å². The molecule has 1 heterocycles. The highest BCUT2D eigenvalue weighted by atomic mass is 16.1. The number of nitrogens with two attached hydrogens (primary N) is 1. The number of rotatable bonds is 4. The van der Waals surface area contributed by atoms with Crippen molar-refractivity contribution >= 4 is 12.1 Å². The van der Waals surface area contributed by atoms with Gasteiger partial charge in [-0.3, -0.25) is 10.3 Å². The van der Waals surface area contributed by atoms with E-state index in [0.717, 1.165) is 50.0 Å². The highest BCUT2D eigenvalue weighted by Gasteiger charge is 2.46. The Labute approximate surface area is 152 Å². The van der Waals surface area contributed by atoms with Gasteiger partial charge < -0.3 is 10.5 Å². The highest BCUT2D eigenvalue weighted by Crippen LogP contribution is 2.47. The van der Waals surface area contributed by atoms with Crippen molar-refractivity contribution < 1.29 is 4.79 Å². The second kappa shape index (κ2) is 7.38. The van der Waals surface area contributed by atoms with Gasteiger partial charge in [-0.1, -0.05) is 32.1 Å². The Morgan fingerprint density at radius 2 is 1.80 bits per heavy atom. The Kier molecular flexibility index (Phi) is 5.17. The Hall–Kier alpha value is -0.900. The summed E-state index contributed by atoms with van der Waals surface area (Å²) in [5.74, 6) is 3.90. The van der Waals surface area contributed by atoms with Crippen LogP contribution >= 0.6 is 0 Å². The Bertz CT molecular complexity index is 505. The Morgan fingerprint density at radius 3 is 2.60 bits per heavy atom. The monoisotopic (exact) mass is 345 g/mol. The number of nitrogens with one attached hydrogen (secondary N) is 1. The molecule has 0 radical (unpaired) electrons. The zero-order valence-corrected chi connectivity index (χ0v) is 15.5.